The van der Waals surface area contributed by atoms with Crippen molar-refractivity contribution in [2.75, 3.05) is 10.6 Å². The van der Waals surface area contributed by atoms with Gasteiger partial charge in [-0.3, -0.25) is 9.59 Å². The van der Waals surface area contributed by atoms with Crippen molar-refractivity contribution in [1.82, 2.24) is 4.98 Å². The van der Waals surface area contributed by atoms with Crippen molar-refractivity contribution in [2.45, 2.75) is 0 Å². The highest BCUT2D eigenvalue weighted by molar-refractivity contribution is 6.36. The predicted octanol–water partition coefficient (Wildman–Crippen LogP) is 5.30. The van der Waals surface area contributed by atoms with Crippen molar-refractivity contribution in [1.29, 1.82) is 5.26 Å². The summed E-state index contributed by atoms with van der Waals surface area (Å²) < 4.78 is 0. The second-order valence-corrected chi connectivity index (χ2v) is 7.59. The SMILES string of the molecule is N#Cc1cccc(C(=O)Nc2cccc(-c3cccc4c3C(=Cc3ccc[nH]3)C(=O)N4)c2)c1. The van der Waals surface area contributed by atoms with E-state index in [1.807, 2.05) is 66.9 Å². The van der Waals surface area contributed by atoms with Crippen molar-refractivity contribution in [3.8, 4) is 17.2 Å². The summed E-state index contributed by atoms with van der Waals surface area (Å²) in [5.74, 6) is -0.458. The zero-order valence-electron chi connectivity index (χ0n) is 17.4. The van der Waals surface area contributed by atoms with E-state index < -0.39 is 0 Å². The standard InChI is InChI=1S/C27H18N4O2/c28-16-17-5-1-7-19(13-17)26(32)30-21-8-2-6-18(14-21)22-10-3-11-24-25(22)23(27(33)31-24)15-20-9-4-12-29-20/h1-15,29H,(H,30,32)(H,31,33). The number of carbonyl (C=O) groups excluding carboxylic acids is 2. The van der Waals surface area contributed by atoms with Crippen LogP contribution in [0.1, 0.15) is 27.2 Å². The van der Waals surface area contributed by atoms with E-state index in [0.717, 1.165) is 28.1 Å². The third-order valence-corrected chi connectivity index (χ3v) is 5.43. The molecule has 158 valence electrons. The molecule has 4 aromatic rings. The van der Waals surface area contributed by atoms with E-state index in [0.29, 0.717) is 22.4 Å². The third kappa shape index (κ3) is 3.91. The third-order valence-electron chi connectivity index (χ3n) is 5.43. The summed E-state index contributed by atoms with van der Waals surface area (Å²) in [4.78, 5) is 28.5. The van der Waals surface area contributed by atoms with E-state index in [4.69, 9.17) is 5.26 Å². The normalized spacial score (nSPS) is 13.3. The maximum absolute atomic E-state index is 12.7. The summed E-state index contributed by atoms with van der Waals surface area (Å²) in [6.07, 6.45) is 3.64. The van der Waals surface area contributed by atoms with E-state index in [2.05, 4.69) is 15.6 Å². The van der Waals surface area contributed by atoms with Crippen molar-refractivity contribution >= 4 is 34.8 Å². The monoisotopic (exact) mass is 430 g/mol. The molecule has 0 atom stereocenters. The molecule has 3 aromatic carbocycles. The highest BCUT2D eigenvalue weighted by Crippen LogP contribution is 2.40. The Kier molecular flexibility index (Phi) is 5.06. The molecule has 0 saturated carbocycles. The highest BCUT2D eigenvalue weighted by atomic mass is 16.2. The van der Waals surface area contributed by atoms with Gasteiger partial charge in [0.05, 0.1) is 17.2 Å². The number of carbonyl (C=O) groups is 2. The number of fused-ring (bicyclic) bond motifs is 1. The summed E-state index contributed by atoms with van der Waals surface area (Å²) in [6.45, 7) is 0. The molecule has 0 radical (unpaired) electrons. The fourth-order valence-corrected chi connectivity index (χ4v) is 3.92. The number of nitrogens with zero attached hydrogens (tertiary/aromatic N) is 1. The van der Waals surface area contributed by atoms with E-state index >= 15 is 0 Å². The molecule has 1 aliphatic rings. The fraction of sp³-hybridized carbons (Fsp3) is 0. The van der Waals surface area contributed by atoms with Crippen LogP contribution in [0.4, 0.5) is 11.4 Å². The number of amides is 2. The van der Waals surface area contributed by atoms with Crippen LogP contribution in [0.5, 0.6) is 0 Å². The number of hydrogen-bond acceptors (Lipinski definition) is 3. The van der Waals surface area contributed by atoms with Gasteiger partial charge in [-0.1, -0.05) is 30.3 Å². The number of nitrogens with one attached hydrogen (secondary N) is 3. The molecular formula is C27H18N4O2. The van der Waals surface area contributed by atoms with Crippen LogP contribution in [-0.4, -0.2) is 16.8 Å². The fourth-order valence-electron chi connectivity index (χ4n) is 3.92. The molecule has 1 aromatic heterocycles. The molecule has 0 fully saturated rings. The van der Waals surface area contributed by atoms with Crippen LogP contribution in [-0.2, 0) is 4.79 Å². The van der Waals surface area contributed by atoms with Crippen LogP contribution in [0, 0.1) is 11.3 Å². The topological polar surface area (TPSA) is 97.8 Å². The van der Waals surface area contributed by atoms with Crippen LogP contribution in [0.2, 0.25) is 0 Å². The van der Waals surface area contributed by atoms with Gasteiger partial charge in [-0.25, -0.2) is 0 Å². The Balaban J connectivity index is 1.50. The average molecular weight is 430 g/mol. The van der Waals surface area contributed by atoms with Gasteiger partial charge in [-0.15, -0.1) is 0 Å². The number of aromatic amines is 1. The average Bonchev–Trinajstić information content (AvgIpc) is 3.47. The molecule has 0 aliphatic carbocycles. The Labute approximate surface area is 190 Å². The minimum Gasteiger partial charge on any atom is -0.362 e. The van der Waals surface area contributed by atoms with Crippen LogP contribution in [0.25, 0.3) is 22.8 Å². The summed E-state index contributed by atoms with van der Waals surface area (Å²) >= 11 is 0. The van der Waals surface area contributed by atoms with Gasteiger partial charge in [0.25, 0.3) is 11.8 Å². The minimum atomic E-state index is -0.299. The second-order valence-electron chi connectivity index (χ2n) is 7.59. The number of aromatic nitrogens is 1. The second kappa shape index (κ2) is 8.33. The number of H-pyrrole nitrogens is 1. The van der Waals surface area contributed by atoms with Crippen LogP contribution in [0.3, 0.4) is 0 Å². The van der Waals surface area contributed by atoms with E-state index in [9.17, 15) is 9.59 Å². The lowest BCUT2D eigenvalue weighted by Crippen LogP contribution is -2.12. The lowest BCUT2D eigenvalue weighted by atomic mass is 9.94. The van der Waals surface area contributed by atoms with Gasteiger partial charge in [0, 0.05) is 34.4 Å². The quantitative estimate of drug-likeness (QED) is 0.383. The Hall–Kier alpha value is -4.89. The van der Waals surface area contributed by atoms with Gasteiger partial charge in [-0.2, -0.15) is 5.26 Å². The van der Waals surface area contributed by atoms with Crippen LogP contribution in [0.15, 0.2) is 85.1 Å². The first-order chi connectivity index (χ1) is 16.1. The van der Waals surface area contributed by atoms with Gasteiger partial charge in [-0.05, 0) is 65.7 Å². The summed E-state index contributed by atoms with van der Waals surface area (Å²) in [7, 11) is 0. The van der Waals surface area contributed by atoms with Gasteiger partial charge in [0.1, 0.15) is 0 Å². The molecule has 2 amide bonds. The number of benzene rings is 3. The molecule has 0 spiro atoms. The van der Waals surface area contributed by atoms with Crippen molar-refractivity contribution in [2.24, 2.45) is 0 Å². The zero-order chi connectivity index (χ0) is 22.8. The Morgan fingerprint density at radius 3 is 2.64 bits per heavy atom. The van der Waals surface area contributed by atoms with E-state index in [1.165, 1.54) is 0 Å². The Morgan fingerprint density at radius 2 is 1.82 bits per heavy atom. The van der Waals surface area contributed by atoms with Crippen molar-refractivity contribution in [3.05, 3.63) is 107 Å². The number of rotatable bonds is 4. The van der Waals surface area contributed by atoms with E-state index in [-0.39, 0.29) is 11.8 Å². The van der Waals surface area contributed by atoms with Crippen molar-refractivity contribution in [3.63, 3.8) is 0 Å². The van der Waals surface area contributed by atoms with Crippen LogP contribution >= 0.6 is 0 Å². The summed E-state index contributed by atoms with van der Waals surface area (Å²) in [5, 5.41) is 14.9. The zero-order valence-corrected chi connectivity index (χ0v) is 17.4. The predicted molar refractivity (Wildman–Crippen MR) is 128 cm³/mol. The Morgan fingerprint density at radius 1 is 0.970 bits per heavy atom. The highest BCUT2D eigenvalue weighted by Gasteiger charge is 2.27. The number of anilines is 2. The van der Waals surface area contributed by atoms with Gasteiger partial charge in [0.2, 0.25) is 0 Å². The maximum atomic E-state index is 12.7. The summed E-state index contributed by atoms with van der Waals surface area (Å²) in [6, 6.07) is 25.6. The lowest BCUT2D eigenvalue weighted by molar-refractivity contribution is -0.110. The molecule has 33 heavy (non-hydrogen) atoms. The largest absolute Gasteiger partial charge is 0.362 e. The molecule has 5 rings (SSSR count). The lowest BCUT2D eigenvalue weighted by Gasteiger charge is -2.11. The molecule has 0 unspecified atom stereocenters. The minimum absolute atomic E-state index is 0.158. The molecule has 0 bridgehead atoms. The number of nitriles is 1. The molecule has 3 N–H and O–H groups in total. The first-order valence-electron chi connectivity index (χ1n) is 10.3. The van der Waals surface area contributed by atoms with Crippen LogP contribution < -0.4 is 10.6 Å². The summed E-state index contributed by atoms with van der Waals surface area (Å²) in [5.41, 5.74) is 6.18. The molecular weight excluding hydrogens is 412 g/mol. The van der Waals surface area contributed by atoms with Crippen molar-refractivity contribution < 1.29 is 9.59 Å². The molecule has 0 saturated heterocycles. The Bertz CT molecular complexity index is 1460. The van der Waals surface area contributed by atoms with E-state index in [1.54, 1.807) is 30.3 Å². The van der Waals surface area contributed by atoms with Gasteiger partial charge < -0.3 is 15.6 Å². The smallest absolute Gasteiger partial charge is 0.256 e. The molecule has 1 aliphatic heterocycles. The molecule has 6 heteroatoms. The molecule has 2 heterocycles. The maximum Gasteiger partial charge on any atom is 0.256 e. The van der Waals surface area contributed by atoms with Gasteiger partial charge in [0.15, 0.2) is 0 Å². The first-order valence-corrected chi connectivity index (χ1v) is 10.3. The van der Waals surface area contributed by atoms with Gasteiger partial charge >= 0.3 is 0 Å². The molecule has 6 nitrogen and oxygen atoms in total. The number of hydrogen-bond donors (Lipinski definition) is 3. The first kappa shape index (κ1) is 20.0.